The highest BCUT2D eigenvalue weighted by atomic mass is 35.5. The topological polar surface area (TPSA) is 46.7 Å². The van der Waals surface area contributed by atoms with Gasteiger partial charge in [0.1, 0.15) is 0 Å². The minimum absolute atomic E-state index is 0. The Morgan fingerprint density at radius 2 is 1.43 bits per heavy atom. The van der Waals surface area contributed by atoms with Gasteiger partial charge in [-0.15, -0.1) is 12.4 Å². The molecule has 0 atom stereocenters. The molecule has 0 unspecified atom stereocenters. The van der Waals surface area contributed by atoms with Gasteiger partial charge in [-0.3, -0.25) is 13.8 Å². The van der Waals surface area contributed by atoms with Gasteiger partial charge < -0.3 is 4.90 Å². The zero-order valence-electron chi connectivity index (χ0n) is 15.7. The fraction of sp³-hybridized carbons (Fsp3) is 0.182. The minimum Gasteiger partial charge on any atom is -0.308 e. The predicted molar refractivity (Wildman–Crippen MR) is 117 cm³/mol. The fourth-order valence-corrected chi connectivity index (χ4v) is 4.04. The molecule has 2 aromatic heterocycles. The van der Waals surface area contributed by atoms with Crippen molar-refractivity contribution in [3.8, 4) is 0 Å². The molecule has 0 radical (unpaired) electrons. The van der Waals surface area contributed by atoms with Crippen LogP contribution in [0.25, 0.3) is 38.0 Å². The van der Waals surface area contributed by atoms with Crippen LogP contribution in [-0.2, 0) is 6.54 Å². The lowest BCUT2D eigenvalue weighted by Gasteiger charge is -2.12. The van der Waals surface area contributed by atoms with Crippen LogP contribution in [0.5, 0.6) is 0 Å². The van der Waals surface area contributed by atoms with Crippen molar-refractivity contribution in [2.45, 2.75) is 6.54 Å². The third-order valence-electron chi connectivity index (χ3n) is 5.34. The Kier molecular flexibility index (Phi) is 4.37. The second-order valence-corrected chi connectivity index (χ2v) is 7.26. The van der Waals surface area contributed by atoms with Crippen molar-refractivity contribution in [1.82, 2.24) is 13.9 Å². The standard InChI is InChI=1S/C22H19N3O2.ClH/c1-23(2)12-13-24-21(26)18-9-5-8-16-17-11-10-14-6-3-4-7-15(14)19(17)25(20(16)18)22(24)27;/h3-11H,12-13H2,1-2H3;1H. The van der Waals surface area contributed by atoms with Gasteiger partial charge in [0.15, 0.2) is 0 Å². The number of rotatable bonds is 3. The second-order valence-electron chi connectivity index (χ2n) is 7.26. The Labute approximate surface area is 167 Å². The summed E-state index contributed by atoms with van der Waals surface area (Å²) in [6, 6.07) is 17.9. The number of halogens is 1. The van der Waals surface area contributed by atoms with Crippen LogP contribution >= 0.6 is 12.4 Å². The molecule has 28 heavy (non-hydrogen) atoms. The van der Waals surface area contributed by atoms with Crippen LogP contribution in [0.4, 0.5) is 0 Å². The van der Waals surface area contributed by atoms with E-state index in [4.69, 9.17) is 0 Å². The van der Waals surface area contributed by atoms with Gasteiger partial charge in [-0.25, -0.2) is 4.79 Å². The lowest BCUT2D eigenvalue weighted by Crippen LogP contribution is -2.39. The van der Waals surface area contributed by atoms with Gasteiger partial charge in [0.25, 0.3) is 5.56 Å². The Bertz CT molecular complexity index is 1450. The van der Waals surface area contributed by atoms with E-state index in [-0.39, 0.29) is 23.7 Å². The smallest absolute Gasteiger partial charge is 0.308 e. The van der Waals surface area contributed by atoms with Gasteiger partial charge in [0, 0.05) is 29.2 Å². The van der Waals surface area contributed by atoms with E-state index in [0.29, 0.717) is 18.5 Å². The lowest BCUT2D eigenvalue weighted by molar-refractivity contribution is 0.376. The molecule has 0 spiro atoms. The van der Waals surface area contributed by atoms with E-state index in [2.05, 4.69) is 6.07 Å². The maximum Gasteiger partial charge on any atom is 0.336 e. The Balaban J connectivity index is 0.00000192. The lowest BCUT2D eigenvalue weighted by atomic mass is 10.1. The molecule has 5 nitrogen and oxygen atoms in total. The number of hydrogen-bond acceptors (Lipinski definition) is 3. The third-order valence-corrected chi connectivity index (χ3v) is 5.34. The fourth-order valence-electron chi connectivity index (χ4n) is 4.04. The van der Waals surface area contributed by atoms with Crippen LogP contribution in [0.2, 0.25) is 0 Å². The molecule has 0 saturated heterocycles. The van der Waals surface area contributed by atoms with Gasteiger partial charge in [-0.05, 0) is 25.5 Å². The summed E-state index contributed by atoms with van der Waals surface area (Å²) in [7, 11) is 3.87. The maximum absolute atomic E-state index is 13.4. The Morgan fingerprint density at radius 3 is 2.21 bits per heavy atom. The van der Waals surface area contributed by atoms with Gasteiger partial charge in [-0.1, -0.05) is 48.5 Å². The first-order chi connectivity index (χ1) is 13.1. The van der Waals surface area contributed by atoms with E-state index in [0.717, 1.165) is 32.6 Å². The van der Waals surface area contributed by atoms with Gasteiger partial charge in [-0.2, -0.15) is 0 Å². The molecule has 0 aliphatic heterocycles. The zero-order chi connectivity index (χ0) is 18.7. The number of aromatic nitrogens is 2. The van der Waals surface area contributed by atoms with Crippen LogP contribution < -0.4 is 11.2 Å². The first-order valence-corrected chi connectivity index (χ1v) is 9.04. The molecular weight excluding hydrogens is 374 g/mol. The molecule has 0 N–H and O–H groups in total. The molecule has 6 heteroatoms. The molecule has 0 bridgehead atoms. The van der Waals surface area contributed by atoms with E-state index < -0.39 is 0 Å². The van der Waals surface area contributed by atoms with E-state index in [1.807, 2.05) is 67.5 Å². The number of benzene rings is 3. The van der Waals surface area contributed by atoms with E-state index in [9.17, 15) is 9.59 Å². The van der Waals surface area contributed by atoms with Crippen LogP contribution in [0.3, 0.4) is 0 Å². The highest BCUT2D eigenvalue weighted by Gasteiger charge is 2.19. The molecule has 5 aromatic rings. The van der Waals surface area contributed by atoms with Crippen LogP contribution in [0, 0.1) is 0 Å². The first kappa shape index (κ1) is 18.5. The third kappa shape index (κ3) is 2.44. The average molecular weight is 394 g/mol. The van der Waals surface area contributed by atoms with Crippen molar-refractivity contribution in [2.75, 3.05) is 20.6 Å². The summed E-state index contributed by atoms with van der Waals surface area (Å²) in [5, 5.41) is 4.64. The number of fused-ring (bicyclic) bond motifs is 5. The monoisotopic (exact) mass is 393 g/mol. The maximum atomic E-state index is 13.4. The van der Waals surface area contributed by atoms with Crippen LogP contribution in [0.1, 0.15) is 0 Å². The van der Waals surface area contributed by atoms with Gasteiger partial charge in [0.2, 0.25) is 0 Å². The van der Waals surface area contributed by atoms with E-state index >= 15 is 0 Å². The van der Waals surface area contributed by atoms with Gasteiger partial charge >= 0.3 is 5.69 Å². The molecule has 3 aromatic carbocycles. The summed E-state index contributed by atoms with van der Waals surface area (Å²) >= 11 is 0. The first-order valence-electron chi connectivity index (χ1n) is 9.04. The van der Waals surface area contributed by atoms with Crippen molar-refractivity contribution >= 4 is 50.4 Å². The number of para-hydroxylation sites is 1. The predicted octanol–water partition coefficient (Wildman–Crippen LogP) is 3.34. The molecule has 142 valence electrons. The summed E-state index contributed by atoms with van der Waals surface area (Å²) < 4.78 is 3.10. The van der Waals surface area contributed by atoms with Crippen molar-refractivity contribution in [3.63, 3.8) is 0 Å². The zero-order valence-corrected chi connectivity index (χ0v) is 16.5. The summed E-state index contributed by atoms with van der Waals surface area (Å²) in [5.74, 6) is 0. The second kappa shape index (κ2) is 6.62. The van der Waals surface area contributed by atoms with Crippen molar-refractivity contribution < 1.29 is 0 Å². The highest BCUT2D eigenvalue weighted by Crippen LogP contribution is 2.33. The minimum atomic E-state index is -0.267. The van der Waals surface area contributed by atoms with E-state index in [1.54, 1.807) is 4.40 Å². The Hall–Kier alpha value is -2.89. The molecule has 0 aliphatic carbocycles. The molecular formula is C22H20ClN3O2. The van der Waals surface area contributed by atoms with Crippen LogP contribution in [0.15, 0.2) is 64.2 Å². The number of hydrogen-bond donors (Lipinski definition) is 0. The summed E-state index contributed by atoms with van der Waals surface area (Å²) in [4.78, 5) is 28.4. The number of likely N-dealkylation sites (N-methyl/N-ethyl adjacent to an activating group) is 1. The molecule has 2 heterocycles. The number of nitrogens with zero attached hydrogens (tertiary/aromatic N) is 3. The van der Waals surface area contributed by atoms with E-state index in [1.165, 1.54) is 4.57 Å². The molecule has 5 rings (SSSR count). The highest BCUT2D eigenvalue weighted by molar-refractivity contribution is 6.20. The van der Waals surface area contributed by atoms with Gasteiger partial charge in [0.05, 0.1) is 16.4 Å². The SMILES string of the molecule is CN(C)CCn1c(=O)c2cccc3c4ccc5ccccc5c4n(c1=O)c23.Cl. The molecule has 0 saturated carbocycles. The summed E-state index contributed by atoms with van der Waals surface area (Å²) in [5.41, 5.74) is 1.12. The van der Waals surface area contributed by atoms with Crippen molar-refractivity contribution in [3.05, 3.63) is 75.4 Å². The molecule has 0 aliphatic rings. The molecule has 0 amide bonds. The van der Waals surface area contributed by atoms with Crippen molar-refractivity contribution in [1.29, 1.82) is 0 Å². The molecule has 0 fully saturated rings. The largest absolute Gasteiger partial charge is 0.336 e. The normalized spacial score (nSPS) is 11.8. The van der Waals surface area contributed by atoms with Crippen molar-refractivity contribution in [2.24, 2.45) is 0 Å². The van der Waals surface area contributed by atoms with Crippen LogP contribution in [-0.4, -0.2) is 34.5 Å². The summed E-state index contributed by atoms with van der Waals surface area (Å²) in [6.45, 7) is 0.994. The average Bonchev–Trinajstić information content (AvgIpc) is 3.02. The Morgan fingerprint density at radius 1 is 0.786 bits per heavy atom. The summed E-state index contributed by atoms with van der Waals surface area (Å²) in [6.07, 6.45) is 0. The quantitative estimate of drug-likeness (QED) is 0.472.